The summed E-state index contributed by atoms with van der Waals surface area (Å²) in [6, 6.07) is 2.11. The zero-order valence-corrected chi connectivity index (χ0v) is 8.63. The molecule has 0 saturated heterocycles. The van der Waals surface area contributed by atoms with Crippen LogP contribution >= 0.6 is 0 Å². The predicted octanol–water partition coefficient (Wildman–Crippen LogP) is 2.40. The Bertz CT molecular complexity index is 457. The van der Waals surface area contributed by atoms with Crippen molar-refractivity contribution in [1.29, 1.82) is 0 Å². The molecule has 2 aromatic heterocycles. The minimum atomic E-state index is 0.847. The largest absolute Gasteiger partial charge is 0.341 e. The van der Waals surface area contributed by atoms with E-state index in [0.717, 1.165) is 22.8 Å². The number of aromatic nitrogens is 3. The number of hydrogen-bond donors (Lipinski definition) is 1. The van der Waals surface area contributed by atoms with Crippen LogP contribution in [0.4, 0.5) is 0 Å². The first-order valence-corrected chi connectivity index (χ1v) is 4.62. The van der Waals surface area contributed by atoms with Crippen molar-refractivity contribution in [2.24, 2.45) is 0 Å². The fourth-order valence-corrected chi connectivity index (χ4v) is 1.50. The summed E-state index contributed by atoms with van der Waals surface area (Å²) in [5.74, 6) is 0.847. The quantitative estimate of drug-likeness (QED) is 0.744. The Labute approximate surface area is 83.2 Å². The molecule has 2 heterocycles. The van der Waals surface area contributed by atoms with Crippen molar-refractivity contribution < 1.29 is 0 Å². The van der Waals surface area contributed by atoms with Crippen LogP contribution in [-0.4, -0.2) is 15.0 Å². The SMILES string of the molecule is Cc1cnc(-c2ncc(C)[nH]2)c(C)c1. The molecular formula is C11H13N3. The van der Waals surface area contributed by atoms with Crippen LogP contribution in [0.25, 0.3) is 11.5 Å². The van der Waals surface area contributed by atoms with E-state index in [1.165, 1.54) is 5.56 Å². The first-order valence-electron chi connectivity index (χ1n) is 4.62. The minimum Gasteiger partial charge on any atom is -0.341 e. The zero-order valence-electron chi connectivity index (χ0n) is 8.63. The van der Waals surface area contributed by atoms with Gasteiger partial charge in [-0.05, 0) is 31.9 Å². The second kappa shape index (κ2) is 3.25. The van der Waals surface area contributed by atoms with Crippen molar-refractivity contribution in [1.82, 2.24) is 15.0 Å². The van der Waals surface area contributed by atoms with Gasteiger partial charge in [-0.3, -0.25) is 4.98 Å². The molecule has 1 N–H and O–H groups in total. The fraction of sp³-hybridized carbons (Fsp3) is 0.273. The molecule has 72 valence electrons. The molecule has 3 heteroatoms. The summed E-state index contributed by atoms with van der Waals surface area (Å²) in [5.41, 5.74) is 4.32. The van der Waals surface area contributed by atoms with Crippen LogP contribution in [0.3, 0.4) is 0 Å². The molecule has 2 aromatic rings. The summed E-state index contributed by atoms with van der Waals surface area (Å²) in [6.07, 6.45) is 3.68. The lowest BCUT2D eigenvalue weighted by molar-refractivity contribution is 1.16. The molecule has 0 aliphatic carbocycles. The molecule has 0 aromatic carbocycles. The summed E-state index contributed by atoms with van der Waals surface area (Å²) >= 11 is 0. The molecule has 0 unspecified atom stereocenters. The molecule has 0 spiro atoms. The third-order valence-electron chi connectivity index (χ3n) is 2.14. The van der Waals surface area contributed by atoms with Gasteiger partial charge in [0, 0.05) is 18.1 Å². The molecule has 0 radical (unpaired) electrons. The van der Waals surface area contributed by atoms with E-state index in [9.17, 15) is 0 Å². The van der Waals surface area contributed by atoms with Gasteiger partial charge in [-0.15, -0.1) is 0 Å². The number of pyridine rings is 1. The van der Waals surface area contributed by atoms with E-state index < -0.39 is 0 Å². The molecule has 0 fully saturated rings. The van der Waals surface area contributed by atoms with Crippen molar-refractivity contribution in [3.05, 3.63) is 35.3 Å². The lowest BCUT2D eigenvalue weighted by atomic mass is 10.1. The highest BCUT2D eigenvalue weighted by Gasteiger charge is 2.06. The molecule has 0 saturated carbocycles. The first-order chi connectivity index (χ1) is 6.66. The highest BCUT2D eigenvalue weighted by atomic mass is 14.9. The van der Waals surface area contributed by atoms with Crippen LogP contribution in [0.15, 0.2) is 18.5 Å². The first kappa shape index (κ1) is 8.94. The number of aryl methyl sites for hydroxylation is 3. The Morgan fingerprint density at radius 3 is 2.43 bits per heavy atom. The second-order valence-corrected chi connectivity index (χ2v) is 3.59. The average Bonchev–Trinajstić information content (AvgIpc) is 2.51. The minimum absolute atomic E-state index is 0.847. The summed E-state index contributed by atoms with van der Waals surface area (Å²) in [7, 11) is 0. The van der Waals surface area contributed by atoms with Crippen LogP contribution in [0, 0.1) is 20.8 Å². The van der Waals surface area contributed by atoms with E-state index in [1.54, 1.807) is 0 Å². The van der Waals surface area contributed by atoms with E-state index in [4.69, 9.17) is 0 Å². The predicted molar refractivity (Wildman–Crippen MR) is 56.0 cm³/mol. The number of rotatable bonds is 1. The highest BCUT2D eigenvalue weighted by molar-refractivity contribution is 5.54. The van der Waals surface area contributed by atoms with Gasteiger partial charge < -0.3 is 4.98 Å². The molecule has 0 bridgehead atoms. The van der Waals surface area contributed by atoms with Gasteiger partial charge >= 0.3 is 0 Å². The van der Waals surface area contributed by atoms with Gasteiger partial charge in [-0.25, -0.2) is 4.98 Å². The molecule has 0 aliphatic heterocycles. The number of hydrogen-bond acceptors (Lipinski definition) is 2. The van der Waals surface area contributed by atoms with E-state index in [-0.39, 0.29) is 0 Å². The van der Waals surface area contributed by atoms with Crippen LogP contribution in [-0.2, 0) is 0 Å². The molecule has 14 heavy (non-hydrogen) atoms. The van der Waals surface area contributed by atoms with E-state index in [0.29, 0.717) is 0 Å². The maximum absolute atomic E-state index is 4.37. The van der Waals surface area contributed by atoms with E-state index >= 15 is 0 Å². The van der Waals surface area contributed by atoms with Gasteiger partial charge in [0.2, 0.25) is 0 Å². The maximum Gasteiger partial charge on any atom is 0.156 e. The standard InChI is InChI=1S/C11H13N3/c1-7-4-8(2)10(12-5-7)11-13-6-9(3)14-11/h4-6H,1-3H3,(H,13,14). The van der Waals surface area contributed by atoms with Crippen LogP contribution < -0.4 is 0 Å². The Kier molecular flexibility index (Phi) is 2.08. The molecular weight excluding hydrogens is 174 g/mol. The lowest BCUT2D eigenvalue weighted by Crippen LogP contribution is -1.91. The summed E-state index contributed by atoms with van der Waals surface area (Å²) in [6.45, 7) is 6.07. The van der Waals surface area contributed by atoms with E-state index in [1.807, 2.05) is 33.2 Å². The summed E-state index contributed by atoms with van der Waals surface area (Å²) in [5, 5.41) is 0. The lowest BCUT2D eigenvalue weighted by Gasteiger charge is -2.01. The topological polar surface area (TPSA) is 41.6 Å². The van der Waals surface area contributed by atoms with Crippen LogP contribution in [0.2, 0.25) is 0 Å². The third kappa shape index (κ3) is 1.53. The Balaban J connectivity index is 2.52. The summed E-state index contributed by atoms with van der Waals surface area (Å²) < 4.78 is 0. The Hall–Kier alpha value is -1.64. The van der Waals surface area contributed by atoms with Crippen molar-refractivity contribution in [3.8, 4) is 11.5 Å². The number of imidazole rings is 1. The Morgan fingerprint density at radius 2 is 1.86 bits per heavy atom. The number of nitrogens with one attached hydrogen (secondary N) is 1. The summed E-state index contributed by atoms with van der Waals surface area (Å²) in [4.78, 5) is 11.8. The van der Waals surface area contributed by atoms with Crippen molar-refractivity contribution in [2.45, 2.75) is 20.8 Å². The molecule has 2 rings (SSSR count). The van der Waals surface area contributed by atoms with Gasteiger partial charge in [0.1, 0.15) is 5.69 Å². The fourth-order valence-electron chi connectivity index (χ4n) is 1.50. The third-order valence-corrected chi connectivity index (χ3v) is 2.14. The molecule has 0 atom stereocenters. The van der Waals surface area contributed by atoms with Crippen molar-refractivity contribution in [2.75, 3.05) is 0 Å². The Morgan fingerprint density at radius 1 is 1.07 bits per heavy atom. The van der Waals surface area contributed by atoms with Gasteiger partial charge in [0.25, 0.3) is 0 Å². The van der Waals surface area contributed by atoms with Crippen molar-refractivity contribution in [3.63, 3.8) is 0 Å². The molecule has 0 amide bonds. The zero-order chi connectivity index (χ0) is 10.1. The van der Waals surface area contributed by atoms with E-state index in [2.05, 4.69) is 21.0 Å². The van der Waals surface area contributed by atoms with Gasteiger partial charge in [-0.2, -0.15) is 0 Å². The maximum atomic E-state index is 4.37. The molecule has 0 aliphatic rings. The molecule has 3 nitrogen and oxygen atoms in total. The van der Waals surface area contributed by atoms with Gasteiger partial charge in [-0.1, -0.05) is 6.07 Å². The average molecular weight is 187 g/mol. The monoisotopic (exact) mass is 187 g/mol. The number of aromatic amines is 1. The normalized spacial score (nSPS) is 10.5. The second-order valence-electron chi connectivity index (χ2n) is 3.59. The number of nitrogens with zero attached hydrogens (tertiary/aromatic N) is 2. The smallest absolute Gasteiger partial charge is 0.156 e. The van der Waals surface area contributed by atoms with Gasteiger partial charge in [0.15, 0.2) is 5.82 Å². The van der Waals surface area contributed by atoms with Crippen LogP contribution in [0.1, 0.15) is 16.8 Å². The number of H-pyrrole nitrogens is 1. The van der Waals surface area contributed by atoms with Gasteiger partial charge in [0.05, 0.1) is 0 Å². The van der Waals surface area contributed by atoms with Crippen molar-refractivity contribution >= 4 is 0 Å². The van der Waals surface area contributed by atoms with Crippen LogP contribution in [0.5, 0.6) is 0 Å². The highest BCUT2D eigenvalue weighted by Crippen LogP contribution is 2.17.